The standard InChI is InChI=1S/C21H34N4O2S/c1-16-18(28-20(22-16)21(2,3)4)19(27)25-13-11-23(12-14-25)15-17(26)24-9-7-5-6-8-10-24/h5-15H2,1-4H3. The maximum atomic E-state index is 13.0. The first kappa shape index (κ1) is 21.2. The third-order valence-corrected chi connectivity index (χ3v) is 7.18. The Balaban J connectivity index is 1.53. The maximum absolute atomic E-state index is 13.0. The average Bonchev–Trinajstić information content (AvgIpc) is 2.87. The fraction of sp³-hybridized carbons (Fsp3) is 0.762. The molecule has 0 aliphatic carbocycles. The Hall–Kier alpha value is -1.47. The number of hydrogen-bond acceptors (Lipinski definition) is 5. The van der Waals surface area contributed by atoms with Gasteiger partial charge in [0.1, 0.15) is 4.88 Å². The lowest BCUT2D eigenvalue weighted by Gasteiger charge is -2.35. The molecular weight excluding hydrogens is 372 g/mol. The number of rotatable bonds is 3. The SMILES string of the molecule is Cc1nc(C(C)(C)C)sc1C(=O)N1CCN(CC(=O)N2CCCCCC2)CC1. The summed E-state index contributed by atoms with van der Waals surface area (Å²) < 4.78 is 0. The summed E-state index contributed by atoms with van der Waals surface area (Å²) in [5, 5.41) is 1.01. The smallest absolute Gasteiger partial charge is 0.265 e. The van der Waals surface area contributed by atoms with Crippen molar-refractivity contribution in [2.24, 2.45) is 0 Å². The van der Waals surface area contributed by atoms with Crippen LogP contribution in [0, 0.1) is 6.92 Å². The zero-order valence-electron chi connectivity index (χ0n) is 17.8. The van der Waals surface area contributed by atoms with E-state index >= 15 is 0 Å². The molecule has 0 radical (unpaired) electrons. The van der Waals surface area contributed by atoms with E-state index in [9.17, 15) is 9.59 Å². The molecule has 1 aromatic rings. The number of nitrogens with zero attached hydrogens (tertiary/aromatic N) is 4. The first-order chi connectivity index (χ1) is 13.3. The number of aryl methyl sites for hydroxylation is 1. The van der Waals surface area contributed by atoms with Gasteiger partial charge in [-0.25, -0.2) is 4.98 Å². The number of piperazine rings is 1. The van der Waals surface area contributed by atoms with Crippen molar-refractivity contribution in [3.05, 3.63) is 15.6 Å². The number of carbonyl (C=O) groups excluding carboxylic acids is 2. The highest BCUT2D eigenvalue weighted by Crippen LogP contribution is 2.30. The fourth-order valence-corrected chi connectivity index (χ4v) is 4.87. The van der Waals surface area contributed by atoms with Gasteiger partial charge in [-0.15, -0.1) is 11.3 Å². The van der Waals surface area contributed by atoms with Crippen molar-refractivity contribution in [2.75, 3.05) is 45.8 Å². The van der Waals surface area contributed by atoms with Gasteiger partial charge in [0, 0.05) is 44.7 Å². The van der Waals surface area contributed by atoms with Crippen LogP contribution < -0.4 is 0 Å². The largest absolute Gasteiger partial charge is 0.342 e. The van der Waals surface area contributed by atoms with Crippen LogP contribution >= 0.6 is 11.3 Å². The second kappa shape index (κ2) is 8.91. The fourth-order valence-electron chi connectivity index (χ4n) is 3.78. The molecule has 0 saturated carbocycles. The molecule has 3 rings (SSSR count). The van der Waals surface area contributed by atoms with E-state index in [0.717, 1.165) is 54.6 Å². The van der Waals surface area contributed by atoms with Gasteiger partial charge in [0.2, 0.25) is 5.91 Å². The Bertz CT molecular complexity index is 694. The van der Waals surface area contributed by atoms with Crippen molar-refractivity contribution in [3.63, 3.8) is 0 Å². The molecule has 0 bridgehead atoms. The Morgan fingerprint density at radius 2 is 1.54 bits per heavy atom. The molecule has 2 aliphatic heterocycles. The van der Waals surface area contributed by atoms with Crippen molar-refractivity contribution < 1.29 is 9.59 Å². The molecule has 7 heteroatoms. The Kier molecular flexibility index (Phi) is 6.76. The summed E-state index contributed by atoms with van der Waals surface area (Å²) in [4.78, 5) is 37.1. The zero-order chi connectivity index (χ0) is 20.3. The van der Waals surface area contributed by atoms with Crippen LogP contribution in [0.1, 0.15) is 66.8 Å². The van der Waals surface area contributed by atoms with Crippen molar-refractivity contribution in [3.8, 4) is 0 Å². The molecule has 2 amide bonds. The van der Waals surface area contributed by atoms with Crippen molar-refractivity contribution in [1.29, 1.82) is 0 Å². The van der Waals surface area contributed by atoms with Gasteiger partial charge in [-0.2, -0.15) is 0 Å². The predicted octanol–water partition coefficient (Wildman–Crippen LogP) is 2.91. The average molecular weight is 407 g/mol. The van der Waals surface area contributed by atoms with E-state index in [4.69, 9.17) is 0 Å². The van der Waals surface area contributed by atoms with Crippen molar-refractivity contribution in [1.82, 2.24) is 19.7 Å². The highest BCUT2D eigenvalue weighted by molar-refractivity contribution is 7.14. The van der Waals surface area contributed by atoms with E-state index in [2.05, 4.69) is 30.7 Å². The zero-order valence-corrected chi connectivity index (χ0v) is 18.6. The van der Waals surface area contributed by atoms with E-state index in [1.54, 1.807) is 0 Å². The minimum atomic E-state index is -0.0413. The third-order valence-electron chi connectivity index (χ3n) is 5.61. The molecule has 0 spiro atoms. The van der Waals surface area contributed by atoms with Gasteiger partial charge in [0.25, 0.3) is 5.91 Å². The lowest BCUT2D eigenvalue weighted by atomic mass is 9.98. The number of thiazole rings is 1. The van der Waals surface area contributed by atoms with Crippen LogP contribution in [-0.4, -0.2) is 77.3 Å². The van der Waals surface area contributed by atoms with E-state index in [-0.39, 0.29) is 17.2 Å². The van der Waals surface area contributed by atoms with Crippen LogP contribution in [0.15, 0.2) is 0 Å². The number of likely N-dealkylation sites (tertiary alicyclic amines) is 1. The number of carbonyl (C=O) groups is 2. The topological polar surface area (TPSA) is 56.8 Å². The third kappa shape index (κ3) is 5.11. The van der Waals surface area contributed by atoms with Crippen LogP contribution in [0.3, 0.4) is 0 Å². The number of aromatic nitrogens is 1. The molecule has 2 fully saturated rings. The van der Waals surface area contributed by atoms with Crippen molar-refractivity contribution in [2.45, 2.75) is 58.8 Å². The molecule has 2 aliphatic rings. The quantitative estimate of drug-likeness (QED) is 0.774. The predicted molar refractivity (Wildman–Crippen MR) is 113 cm³/mol. The second-order valence-corrected chi connectivity index (χ2v) is 10.0. The monoisotopic (exact) mass is 406 g/mol. The molecule has 0 N–H and O–H groups in total. The Morgan fingerprint density at radius 3 is 2.07 bits per heavy atom. The summed E-state index contributed by atoms with van der Waals surface area (Å²) in [6, 6.07) is 0. The number of hydrogen-bond donors (Lipinski definition) is 0. The Labute approximate surface area is 172 Å². The van der Waals surface area contributed by atoms with Gasteiger partial charge < -0.3 is 9.80 Å². The van der Waals surface area contributed by atoms with Crippen molar-refractivity contribution >= 4 is 23.2 Å². The van der Waals surface area contributed by atoms with Crippen LogP contribution in [0.5, 0.6) is 0 Å². The van der Waals surface area contributed by atoms with E-state index in [1.165, 1.54) is 24.2 Å². The van der Waals surface area contributed by atoms with Gasteiger partial charge in [-0.05, 0) is 19.8 Å². The number of amides is 2. The van der Waals surface area contributed by atoms with E-state index < -0.39 is 0 Å². The van der Waals surface area contributed by atoms with E-state index in [0.29, 0.717) is 19.6 Å². The molecular formula is C21H34N4O2S. The summed E-state index contributed by atoms with van der Waals surface area (Å²) in [5.74, 6) is 0.332. The highest BCUT2D eigenvalue weighted by Gasteiger charge is 2.29. The molecule has 0 unspecified atom stereocenters. The minimum absolute atomic E-state index is 0.0413. The molecule has 28 heavy (non-hydrogen) atoms. The second-order valence-electron chi connectivity index (χ2n) is 9.05. The lowest BCUT2D eigenvalue weighted by molar-refractivity contribution is -0.132. The maximum Gasteiger partial charge on any atom is 0.265 e. The van der Waals surface area contributed by atoms with Crippen LogP contribution in [-0.2, 0) is 10.2 Å². The molecule has 0 aromatic carbocycles. The summed E-state index contributed by atoms with van der Waals surface area (Å²) in [6.07, 6.45) is 4.72. The lowest BCUT2D eigenvalue weighted by Crippen LogP contribution is -2.51. The molecule has 1 aromatic heterocycles. The van der Waals surface area contributed by atoms with E-state index in [1.807, 2.05) is 16.7 Å². The van der Waals surface area contributed by atoms with Crippen LogP contribution in [0.25, 0.3) is 0 Å². The van der Waals surface area contributed by atoms with Gasteiger partial charge in [0.05, 0.1) is 17.2 Å². The van der Waals surface area contributed by atoms with Crippen LogP contribution in [0.2, 0.25) is 0 Å². The van der Waals surface area contributed by atoms with Gasteiger partial charge in [-0.1, -0.05) is 33.6 Å². The summed E-state index contributed by atoms with van der Waals surface area (Å²) in [6.45, 7) is 13.5. The van der Waals surface area contributed by atoms with Crippen LogP contribution in [0.4, 0.5) is 0 Å². The summed E-state index contributed by atoms with van der Waals surface area (Å²) >= 11 is 1.52. The molecule has 3 heterocycles. The minimum Gasteiger partial charge on any atom is -0.342 e. The van der Waals surface area contributed by atoms with Gasteiger partial charge >= 0.3 is 0 Å². The van der Waals surface area contributed by atoms with Gasteiger partial charge in [-0.3, -0.25) is 14.5 Å². The molecule has 0 atom stereocenters. The Morgan fingerprint density at radius 1 is 0.929 bits per heavy atom. The normalized spacial score (nSPS) is 19.6. The first-order valence-electron chi connectivity index (χ1n) is 10.5. The summed E-state index contributed by atoms with van der Waals surface area (Å²) in [7, 11) is 0. The molecule has 6 nitrogen and oxygen atoms in total. The van der Waals surface area contributed by atoms with Gasteiger partial charge in [0.15, 0.2) is 0 Å². The first-order valence-corrected chi connectivity index (χ1v) is 11.3. The highest BCUT2D eigenvalue weighted by atomic mass is 32.1. The summed E-state index contributed by atoms with van der Waals surface area (Å²) in [5.41, 5.74) is 0.791. The molecule has 2 saturated heterocycles. The molecule has 156 valence electrons.